The molecule has 0 saturated carbocycles. The first-order chi connectivity index (χ1) is 17.3. The van der Waals surface area contributed by atoms with E-state index in [4.69, 9.17) is 25.8 Å². The summed E-state index contributed by atoms with van der Waals surface area (Å²) in [6.45, 7) is 4.11. The van der Waals surface area contributed by atoms with E-state index in [1.165, 1.54) is 18.2 Å². The number of cyclic esters (lactones) is 1. The Morgan fingerprint density at radius 1 is 1.17 bits per heavy atom. The number of ether oxygens (including phenoxy) is 3. The van der Waals surface area contributed by atoms with Crippen molar-refractivity contribution in [2.45, 2.75) is 20.5 Å². The fourth-order valence-corrected chi connectivity index (χ4v) is 4.18. The largest absolute Gasteiger partial charge is 0.490 e. The maximum absolute atomic E-state index is 12.5. The van der Waals surface area contributed by atoms with Crippen molar-refractivity contribution in [2.24, 2.45) is 4.99 Å². The van der Waals surface area contributed by atoms with E-state index in [1.807, 2.05) is 31.2 Å². The molecule has 0 aromatic heterocycles. The summed E-state index contributed by atoms with van der Waals surface area (Å²) in [5.41, 5.74) is 2.20. The van der Waals surface area contributed by atoms with Gasteiger partial charge < -0.3 is 14.2 Å². The summed E-state index contributed by atoms with van der Waals surface area (Å²) in [4.78, 5) is 27.5. The van der Waals surface area contributed by atoms with Crippen LogP contribution in [0.4, 0.5) is 5.69 Å². The SMILES string of the molecule is CCOc1cc(/C=C2\N=C(c3cccc([N+](=O)[O-])c3C)OC2=O)cc(Cl)c1OCc1ccc(I)cc1. The summed E-state index contributed by atoms with van der Waals surface area (Å²) >= 11 is 8.76. The Morgan fingerprint density at radius 3 is 2.61 bits per heavy atom. The number of carbonyl (C=O) groups excluding carboxylic acids is 1. The molecule has 0 radical (unpaired) electrons. The van der Waals surface area contributed by atoms with E-state index in [0.717, 1.165) is 9.13 Å². The number of hydrogen-bond donors (Lipinski definition) is 0. The van der Waals surface area contributed by atoms with Gasteiger partial charge in [-0.25, -0.2) is 9.79 Å². The number of carbonyl (C=O) groups is 1. The van der Waals surface area contributed by atoms with Crippen LogP contribution in [-0.4, -0.2) is 23.4 Å². The number of benzene rings is 3. The molecule has 0 saturated heterocycles. The summed E-state index contributed by atoms with van der Waals surface area (Å²) in [6, 6.07) is 15.8. The third-order valence-electron chi connectivity index (χ3n) is 5.28. The highest BCUT2D eigenvalue weighted by Crippen LogP contribution is 2.38. The molecule has 1 heterocycles. The van der Waals surface area contributed by atoms with Crippen molar-refractivity contribution in [3.05, 3.63) is 101 Å². The quantitative estimate of drug-likeness (QED) is 0.0942. The molecule has 1 aliphatic heterocycles. The van der Waals surface area contributed by atoms with Gasteiger partial charge in [0.2, 0.25) is 5.90 Å². The van der Waals surface area contributed by atoms with E-state index < -0.39 is 10.9 Å². The Balaban J connectivity index is 1.63. The van der Waals surface area contributed by atoms with Crippen molar-refractivity contribution in [2.75, 3.05) is 6.61 Å². The summed E-state index contributed by atoms with van der Waals surface area (Å²) in [6.07, 6.45) is 1.51. The summed E-state index contributed by atoms with van der Waals surface area (Å²) in [5.74, 6) is 0.141. The smallest absolute Gasteiger partial charge is 0.363 e. The first kappa shape index (κ1) is 25.6. The molecule has 3 aromatic rings. The van der Waals surface area contributed by atoms with Gasteiger partial charge in [-0.05, 0) is 84.0 Å². The minimum Gasteiger partial charge on any atom is -0.490 e. The number of halogens is 2. The molecule has 0 fully saturated rings. The molecule has 36 heavy (non-hydrogen) atoms. The molecule has 184 valence electrons. The van der Waals surface area contributed by atoms with Crippen molar-refractivity contribution < 1.29 is 23.9 Å². The second-order valence-corrected chi connectivity index (χ2v) is 9.37. The second kappa shape index (κ2) is 11.1. The predicted octanol–water partition coefficient (Wildman–Crippen LogP) is 6.48. The molecular weight excluding hydrogens is 599 g/mol. The standard InChI is InChI=1S/C26H20ClIN2O6/c1-3-34-23-13-17(11-20(27)24(23)35-14-16-7-9-18(28)10-8-16)12-21-26(31)36-25(29-21)19-5-4-6-22(15(19)2)30(32)33/h4-13H,3,14H2,1-2H3/b21-12-. The zero-order chi connectivity index (χ0) is 25.8. The molecule has 4 rings (SSSR count). The third kappa shape index (κ3) is 5.68. The molecule has 10 heteroatoms. The number of nitro groups is 1. The fourth-order valence-electron chi connectivity index (χ4n) is 3.55. The Hall–Kier alpha value is -3.44. The van der Waals surface area contributed by atoms with Crippen LogP contribution in [0, 0.1) is 20.6 Å². The number of hydrogen-bond acceptors (Lipinski definition) is 7. The van der Waals surface area contributed by atoms with E-state index in [-0.39, 0.29) is 17.3 Å². The van der Waals surface area contributed by atoms with Gasteiger partial charge in [-0.1, -0.05) is 29.8 Å². The lowest BCUT2D eigenvalue weighted by Crippen LogP contribution is -2.08. The first-order valence-electron chi connectivity index (χ1n) is 10.9. The Kier molecular flexibility index (Phi) is 7.90. The van der Waals surface area contributed by atoms with Gasteiger partial charge in [0.1, 0.15) is 6.61 Å². The maximum Gasteiger partial charge on any atom is 0.363 e. The molecule has 0 unspecified atom stereocenters. The van der Waals surface area contributed by atoms with Crippen LogP contribution in [0.2, 0.25) is 5.02 Å². The monoisotopic (exact) mass is 618 g/mol. The average molecular weight is 619 g/mol. The van der Waals surface area contributed by atoms with E-state index in [1.54, 1.807) is 25.1 Å². The van der Waals surface area contributed by atoms with Crippen LogP contribution >= 0.6 is 34.2 Å². The zero-order valence-electron chi connectivity index (χ0n) is 19.3. The van der Waals surface area contributed by atoms with Crippen LogP contribution in [0.1, 0.15) is 29.2 Å². The molecular formula is C26H20ClIN2O6. The number of aliphatic imine (C=N–C) groups is 1. The highest BCUT2D eigenvalue weighted by molar-refractivity contribution is 14.1. The topological polar surface area (TPSA) is 100 Å². The fraction of sp³-hybridized carbons (Fsp3) is 0.154. The highest BCUT2D eigenvalue weighted by Gasteiger charge is 2.27. The van der Waals surface area contributed by atoms with Crippen molar-refractivity contribution in [1.82, 2.24) is 0 Å². The van der Waals surface area contributed by atoms with Crippen LogP contribution in [0.3, 0.4) is 0 Å². The van der Waals surface area contributed by atoms with E-state index in [2.05, 4.69) is 27.6 Å². The highest BCUT2D eigenvalue weighted by atomic mass is 127. The van der Waals surface area contributed by atoms with E-state index in [0.29, 0.717) is 46.4 Å². The lowest BCUT2D eigenvalue weighted by molar-refractivity contribution is -0.385. The van der Waals surface area contributed by atoms with Gasteiger partial charge in [0, 0.05) is 20.8 Å². The molecule has 0 spiro atoms. The first-order valence-corrected chi connectivity index (χ1v) is 12.3. The molecule has 8 nitrogen and oxygen atoms in total. The van der Waals surface area contributed by atoms with Gasteiger partial charge in [0.15, 0.2) is 17.2 Å². The lowest BCUT2D eigenvalue weighted by Gasteiger charge is -2.14. The molecule has 1 aliphatic rings. The Labute approximate surface area is 225 Å². The van der Waals surface area contributed by atoms with Crippen LogP contribution < -0.4 is 9.47 Å². The minimum atomic E-state index is -0.677. The molecule has 0 amide bonds. The number of esters is 1. The van der Waals surface area contributed by atoms with Crippen LogP contribution in [0.5, 0.6) is 11.5 Å². The maximum atomic E-state index is 12.5. The molecule has 0 aliphatic carbocycles. The molecule has 0 N–H and O–H groups in total. The van der Waals surface area contributed by atoms with Crippen LogP contribution in [-0.2, 0) is 16.1 Å². The minimum absolute atomic E-state index is 0.000976. The molecule has 3 aromatic carbocycles. The summed E-state index contributed by atoms with van der Waals surface area (Å²) < 4.78 is 18.1. The van der Waals surface area contributed by atoms with Gasteiger partial charge in [0.05, 0.1) is 16.6 Å². The summed E-state index contributed by atoms with van der Waals surface area (Å²) in [7, 11) is 0. The van der Waals surface area contributed by atoms with E-state index in [9.17, 15) is 14.9 Å². The lowest BCUT2D eigenvalue weighted by atomic mass is 10.1. The second-order valence-electron chi connectivity index (χ2n) is 7.72. The van der Waals surface area contributed by atoms with Crippen LogP contribution in [0.25, 0.3) is 6.08 Å². The van der Waals surface area contributed by atoms with Crippen molar-refractivity contribution in [3.63, 3.8) is 0 Å². The Morgan fingerprint density at radius 2 is 1.92 bits per heavy atom. The predicted molar refractivity (Wildman–Crippen MR) is 145 cm³/mol. The van der Waals surface area contributed by atoms with Gasteiger partial charge in [-0.3, -0.25) is 10.1 Å². The Bertz CT molecular complexity index is 1400. The van der Waals surface area contributed by atoms with Crippen LogP contribution in [0.15, 0.2) is 65.3 Å². The summed E-state index contributed by atoms with van der Waals surface area (Å²) in [5, 5.41) is 11.6. The van der Waals surface area contributed by atoms with Gasteiger partial charge in [-0.15, -0.1) is 0 Å². The third-order valence-corrected chi connectivity index (χ3v) is 6.28. The van der Waals surface area contributed by atoms with Gasteiger partial charge >= 0.3 is 5.97 Å². The number of nitro benzene ring substituents is 1. The van der Waals surface area contributed by atoms with Crippen molar-refractivity contribution >= 4 is 57.8 Å². The average Bonchev–Trinajstić information content (AvgIpc) is 3.19. The molecule has 0 bridgehead atoms. The number of nitrogens with zero attached hydrogens (tertiary/aromatic N) is 2. The van der Waals surface area contributed by atoms with Gasteiger partial charge in [-0.2, -0.15) is 0 Å². The van der Waals surface area contributed by atoms with Crippen molar-refractivity contribution in [3.8, 4) is 11.5 Å². The normalized spacial score (nSPS) is 13.9. The van der Waals surface area contributed by atoms with E-state index >= 15 is 0 Å². The van der Waals surface area contributed by atoms with Crippen molar-refractivity contribution in [1.29, 1.82) is 0 Å². The van der Waals surface area contributed by atoms with Gasteiger partial charge in [0.25, 0.3) is 5.69 Å². The zero-order valence-corrected chi connectivity index (χ0v) is 22.2. The number of rotatable bonds is 8. The molecule has 0 atom stereocenters.